The van der Waals surface area contributed by atoms with Gasteiger partial charge in [-0.25, -0.2) is 9.78 Å². The summed E-state index contributed by atoms with van der Waals surface area (Å²) in [6.07, 6.45) is 0. The van der Waals surface area contributed by atoms with Gasteiger partial charge < -0.3 is 9.30 Å². The van der Waals surface area contributed by atoms with E-state index in [1.165, 1.54) is 18.4 Å². The van der Waals surface area contributed by atoms with Crippen LogP contribution in [-0.4, -0.2) is 48.5 Å². The number of imidazole rings is 1. The molecule has 0 spiro atoms. The average molecular weight is 505 g/mol. The fraction of sp³-hybridized carbons (Fsp3) is 0.240. The monoisotopic (exact) mass is 504 g/mol. The number of tetrazole rings is 1. The zero-order valence-electron chi connectivity index (χ0n) is 19.8. The lowest BCUT2D eigenvalue weighted by Crippen LogP contribution is -2.03. The van der Waals surface area contributed by atoms with Crippen LogP contribution in [0.5, 0.6) is 0 Å². The van der Waals surface area contributed by atoms with Crippen LogP contribution in [0.1, 0.15) is 34.0 Å². The van der Waals surface area contributed by atoms with Crippen molar-refractivity contribution in [1.82, 2.24) is 30.2 Å². The van der Waals surface area contributed by atoms with E-state index in [9.17, 15) is 4.79 Å². The average Bonchev–Trinajstić information content (AvgIpc) is 3.58. The summed E-state index contributed by atoms with van der Waals surface area (Å²) >= 11 is 3.13. The van der Waals surface area contributed by atoms with E-state index in [0.717, 1.165) is 37.8 Å². The Bertz CT molecular complexity index is 1490. The van der Waals surface area contributed by atoms with E-state index in [2.05, 4.69) is 69.4 Å². The number of thiophene rings is 1. The molecule has 3 heterocycles. The highest BCUT2D eigenvalue weighted by Crippen LogP contribution is 2.36. The second-order valence-corrected chi connectivity index (χ2v) is 11.1. The largest absolute Gasteiger partial charge is 0.465 e. The Kier molecular flexibility index (Phi) is 6.40. The van der Waals surface area contributed by atoms with E-state index >= 15 is 0 Å². The van der Waals surface area contributed by atoms with Crippen molar-refractivity contribution in [2.24, 2.45) is 0 Å². The molecule has 35 heavy (non-hydrogen) atoms. The Balaban J connectivity index is 1.52. The standard InChI is InChI=1S/C25H24N6O2S2/c1-14(2)34-25-26-20-21(15(3)35-22(20)24(32)33-4)31(25)13-16-9-11-17(12-10-16)18-7-5-6-8-19(18)23-27-29-30-28-23/h5-12,14H,13H2,1-4H3,(H,27,28,29,30). The predicted molar refractivity (Wildman–Crippen MR) is 139 cm³/mol. The van der Waals surface area contributed by atoms with Crippen molar-refractivity contribution in [3.63, 3.8) is 0 Å². The number of ether oxygens (including phenoxy) is 1. The number of aromatic nitrogens is 6. The van der Waals surface area contributed by atoms with Crippen LogP contribution in [0.4, 0.5) is 0 Å². The third kappa shape index (κ3) is 4.46. The van der Waals surface area contributed by atoms with Crippen LogP contribution in [0, 0.1) is 6.92 Å². The lowest BCUT2D eigenvalue weighted by Gasteiger charge is -2.12. The minimum Gasteiger partial charge on any atom is -0.465 e. The molecular weight excluding hydrogens is 480 g/mol. The van der Waals surface area contributed by atoms with Crippen LogP contribution in [0.2, 0.25) is 0 Å². The Morgan fingerprint density at radius 1 is 1.14 bits per heavy atom. The number of aromatic amines is 1. The quantitative estimate of drug-likeness (QED) is 0.228. The molecule has 0 saturated heterocycles. The number of rotatable bonds is 7. The van der Waals surface area contributed by atoms with E-state index in [-0.39, 0.29) is 5.97 Å². The van der Waals surface area contributed by atoms with Gasteiger partial charge in [-0.15, -0.1) is 21.5 Å². The number of nitrogens with zero attached hydrogens (tertiary/aromatic N) is 5. The summed E-state index contributed by atoms with van der Waals surface area (Å²) in [5.41, 5.74) is 5.88. The number of aryl methyl sites for hydroxylation is 1. The first-order valence-corrected chi connectivity index (χ1v) is 12.8. The van der Waals surface area contributed by atoms with Crippen LogP contribution in [0.15, 0.2) is 53.7 Å². The van der Waals surface area contributed by atoms with Crippen molar-refractivity contribution in [2.45, 2.75) is 37.7 Å². The predicted octanol–water partition coefficient (Wildman–Crippen LogP) is 5.59. The summed E-state index contributed by atoms with van der Waals surface area (Å²) in [5.74, 6) is 0.221. The first-order valence-electron chi connectivity index (χ1n) is 11.1. The number of nitrogens with one attached hydrogen (secondary N) is 1. The number of thioether (sulfide) groups is 1. The molecule has 0 bridgehead atoms. The number of carbonyl (C=O) groups is 1. The molecule has 10 heteroatoms. The number of fused-ring (bicyclic) bond motifs is 1. The van der Waals surface area contributed by atoms with Crippen molar-refractivity contribution in [1.29, 1.82) is 0 Å². The highest BCUT2D eigenvalue weighted by atomic mass is 32.2. The second-order valence-electron chi connectivity index (χ2n) is 8.30. The van der Waals surface area contributed by atoms with Gasteiger partial charge in [0, 0.05) is 15.7 Å². The van der Waals surface area contributed by atoms with Gasteiger partial charge in [-0.2, -0.15) is 5.21 Å². The molecule has 0 radical (unpaired) electrons. The number of hydrogen-bond donors (Lipinski definition) is 1. The van der Waals surface area contributed by atoms with E-state index in [1.54, 1.807) is 11.8 Å². The molecule has 8 nitrogen and oxygen atoms in total. The van der Waals surface area contributed by atoms with Crippen LogP contribution < -0.4 is 0 Å². The van der Waals surface area contributed by atoms with Crippen LogP contribution in [-0.2, 0) is 11.3 Å². The summed E-state index contributed by atoms with van der Waals surface area (Å²) in [4.78, 5) is 18.8. The lowest BCUT2D eigenvalue weighted by atomic mass is 9.98. The molecule has 2 aromatic carbocycles. The lowest BCUT2D eigenvalue weighted by molar-refractivity contribution is 0.0608. The maximum Gasteiger partial charge on any atom is 0.350 e. The Morgan fingerprint density at radius 3 is 2.54 bits per heavy atom. The maximum atomic E-state index is 12.3. The Morgan fingerprint density at radius 2 is 1.89 bits per heavy atom. The molecule has 0 aliphatic heterocycles. The van der Waals surface area contributed by atoms with Crippen LogP contribution in [0.3, 0.4) is 0 Å². The van der Waals surface area contributed by atoms with E-state index in [1.807, 2.05) is 25.1 Å². The molecule has 1 N–H and O–H groups in total. The fourth-order valence-corrected chi connectivity index (χ4v) is 5.92. The molecule has 178 valence electrons. The Labute approximate surface area is 210 Å². The van der Waals surface area contributed by atoms with E-state index in [0.29, 0.717) is 28.0 Å². The zero-order valence-corrected chi connectivity index (χ0v) is 21.4. The van der Waals surface area contributed by atoms with Gasteiger partial charge in [0.25, 0.3) is 0 Å². The van der Waals surface area contributed by atoms with Crippen molar-refractivity contribution >= 4 is 40.1 Å². The molecule has 0 saturated carbocycles. The number of benzene rings is 2. The molecule has 0 amide bonds. The molecule has 5 rings (SSSR count). The number of hydrogen-bond acceptors (Lipinski definition) is 8. The third-order valence-corrected chi connectivity index (χ3v) is 7.62. The number of carbonyl (C=O) groups excluding carboxylic acids is 1. The van der Waals surface area contributed by atoms with Gasteiger partial charge in [0.2, 0.25) is 5.82 Å². The minimum atomic E-state index is -0.344. The van der Waals surface area contributed by atoms with Crippen molar-refractivity contribution < 1.29 is 9.53 Å². The third-order valence-electron chi connectivity index (χ3n) is 5.57. The van der Waals surface area contributed by atoms with Gasteiger partial charge >= 0.3 is 5.97 Å². The van der Waals surface area contributed by atoms with Crippen LogP contribution in [0.25, 0.3) is 33.5 Å². The minimum absolute atomic E-state index is 0.344. The van der Waals surface area contributed by atoms with Gasteiger partial charge in [-0.3, -0.25) is 0 Å². The summed E-state index contributed by atoms with van der Waals surface area (Å²) < 4.78 is 7.21. The van der Waals surface area contributed by atoms with E-state index in [4.69, 9.17) is 9.72 Å². The van der Waals surface area contributed by atoms with Gasteiger partial charge in [-0.05, 0) is 28.8 Å². The maximum absolute atomic E-state index is 12.3. The molecular formula is C25H24N6O2S2. The normalized spacial score (nSPS) is 11.5. The second kappa shape index (κ2) is 9.63. The molecule has 0 atom stereocenters. The first kappa shape index (κ1) is 23.3. The molecule has 0 unspecified atom stereocenters. The molecule has 5 aromatic rings. The summed E-state index contributed by atoms with van der Waals surface area (Å²) in [5, 5.41) is 15.7. The Hall–Kier alpha value is -3.50. The molecule has 0 aliphatic carbocycles. The number of esters is 1. The summed E-state index contributed by atoms with van der Waals surface area (Å²) in [7, 11) is 1.41. The van der Waals surface area contributed by atoms with Gasteiger partial charge in [0.05, 0.1) is 19.2 Å². The molecule has 0 aliphatic rings. The van der Waals surface area contributed by atoms with Gasteiger partial charge in [-0.1, -0.05) is 74.1 Å². The zero-order chi connectivity index (χ0) is 24.5. The number of methoxy groups -OCH3 is 1. The highest BCUT2D eigenvalue weighted by Gasteiger charge is 2.24. The van der Waals surface area contributed by atoms with Gasteiger partial charge in [0.15, 0.2) is 5.16 Å². The summed E-state index contributed by atoms with van der Waals surface area (Å²) in [6.45, 7) is 6.96. The van der Waals surface area contributed by atoms with Crippen molar-refractivity contribution in [2.75, 3.05) is 7.11 Å². The van der Waals surface area contributed by atoms with Crippen LogP contribution >= 0.6 is 23.1 Å². The fourth-order valence-electron chi connectivity index (χ4n) is 4.05. The number of H-pyrrole nitrogens is 1. The van der Waals surface area contributed by atoms with Gasteiger partial charge in [0.1, 0.15) is 10.4 Å². The van der Waals surface area contributed by atoms with E-state index < -0.39 is 0 Å². The molecule has 3 aromatic heterocycles. The topological polar surface area (TPSA) is 98.6 Å². The summed E-state index contributed by atoms with van der Waals surface area (Å²) in [6, 6.07) is 16.5. The SMILES string of the molecule is COC(=O)c1sc(C)c2c1nc(SC(C)C)n2Cc1ccc(-c2ccccc2-c2nn[nH]n2)cc1. The van der Waals surface area contributed by atoms with Crippen molar-refractivity contribution in [3.05, 3.63) is 63.8 Å². The smallest absolute Gasteiger partial charge is 0.350 e. The highest BCUT2D eigenvalue weighted by molar-refractivity contribution is 7.99. The first-order chi connectivity index (χ1) is 17.0. The molecule has 0 fully saturated rings. The van der Waals surface area contributed by atoms with Crippen molar-refractivity contribution in [3.8, 4) is 22.5 Å².